The van der Waals surface area contributed by atoms with E-state index in [0.717, 1.165) is 0 Å². The molecular weight excluding hydrogens is 428 g/mol. The number of fused-ring (bicyclic) bond motifs is 1. The third kappa shape index (κ3) is 4.18. The molecule has 0 radical (unpaired) electrons. The first-order valence-corrected chi connectivity index (χ1v) is 11.0. The second-order valence-corrected chi connectivity index (χ2v) is 8.75. The fraction of sp³-hybridized carbons (Fsp3) is 0.524. The summed E-state index contributed by atoms with van der Waals surface area (Å²) >= 11 is 1.23. The second kappa shape index (κ2) is 8.79. The Bertz CT molecular complexity index is 1050. The maximum Gasteiger partial charge on any atom is 0.351 e. The molecule has 1 aromatic heterocycles. The molecule has 170 valence electrons. The highest BCUT2D eigenvalue weighted by atomic mass is 32.2. The van der Waals surface area contributed by atoms with Crippen LogP contribution in [0.2, 0.25) is 0 Å². The summed E-state index contributed by atoms with van der Waals surface area (Å²) in [5.74, 6) is -0.738. The summed E-state index contributed by atoms with van der Waals surface area (Å²) in [5.41, 5.74) is -1.90. The number of thioether (sulfide) groups is 1. The minimum absolute atomic E-state index is 0.0293. The van der Waals surface area contributed by atoms with Gasteiger partial charge in [0.2, 0.25) is 6.29 Å². The minimum atomic E-state index is -1.40. The SMILES string of the molecule is CO[C@@H]1[C@@H](O)[C@@H](O)[C@H](Oc2ccc3c(O)c(C(=O)CSC)c(=O)oc3c2C)OC1(C)C. The Balaban J connectivity index is 2.00. The number of ketones is 1. The second-order valence-electron chi connectivity index (χ2n) is 7.88. The number of benzene rings is 1. The van der Waals surface area contributed by atoms with E-state index in [1.54, 1.807) is 27.0 Å². The first-order chi connectivity index (χ1) is 14.5. The van der Waals surface area contributed by atoms with E-state index in [1.807, 2.05) is 0 Å². The molecule has 2 heterocycles. The number of methoxy groups -OCH3 is 1. The van der Waals surface area contributed by atoms with Gasteiger partial charge < -0.3 is 33.9 Å². The largest absolute Gasteiger partial charge is 0.506 e. The molecule has 3 rings (SSSR count). The Morgan fingerprint density at radius 3 is 2.55 bits per heavy atom. The lowest BCUT2D eigenvalue weighted by Crippen LogP contribution is -2.63. The van der Waals surface area contributed by atoms with Gasteiger partial charge in [0.1, 0.15) is 41.0 Å². The van der Waals surface area contributed by atoms with Gasteiger partial charge in [0.25, 0.3) is 0 Å². The van der Waals surface area contributed by atoms with Crippen LogP contribution < -0.4 is 10.4 Å². The van der Waals surface area contributed by atoms with Gasteiger partial charge in [-0.2, -0.15) is 11.8 Å². The van der Waals surface area contributed by atoms with Gasteiger partial charge in [-0.15, -0.1) is 0 Å². The third-order valence-electron chi connectivity index (χ3n) is 5.34. The van der Waals surface area contributed by atoms with Crippen molar-refractivity contribution in [3.8, 4) is 11.5 Å². The summed E-state index contributed by atoms with van der Waals surface area (Å²) in [6, 6.07) is 2.94. The van der Waals surface area contributed by atoms with Crippen LogP contribution in [-0.2, 0) is 9.47 Å². The van der Waals surface area contributed by atoms with Crippen molar-refractivity contribution in [2.24, 2.45) is 0 Å². The van der Waals surface area contributed by atoms with E-state index in [0.29, 0.717) is 5.56 Å². The molecule has 10 heteroatoms. The van der Waals surface area contributed by atoms with E-state index >= 15 is 0 Å². The van der Waals surface area contributed by atoms with Gasteiger partial charge in [-0.05, 0) is 39.2 Å². The number of aromatic hydroxyl groups is 1. The van der Waals surface area contributed by atoms with Crippen LogP contribution in [0.3, 0.4) is 0 Å². The number of Topliss-reactive ketones (excluding diaryl/α,β-unsaturated/α-hetero) is 1. The molecule has 3 N–H and O–H groups in total. The lowest BCUT2D eigenvalue weighted by Gasteiger charge is -2.46. The van der Waals surface area contributed by atoms with E-state index in [4.69, 9.17) is 18.6 Å². The number of hydrogen-bond donors (Lipinski definition) is 3. The van der Waals surface area contributed by atoms with Gasteiger partial charge in [-0.1, -0.05) is 0 Å². The zero-order valence-corrected chi connectivity index (χ0v) is 18.7. The van der Waals surface area contributed by atoms with E-state index in [9.17, 15) is 24.9 Å². The zero-order valence-electron chi connectivity index (χ0n) is 17.9. The Morgan fingerprint density at radius 1 is 1.26 bits per heavy atom. The van der Waals surface area contributed by atoms with Crippen LogP contribution in [0.5, 0.6) is 11.5 Å². The van der Waals surface area contributed by atoms with Crippen LogP contribution >= 0.6 is 11.8 Å². The average Bonchev–Trinajstić information content (AvgIpc) is 2.68. The molecule has 1 saturated heterocycles. The van der Waals surface area contributed by atoms with Gasteiger partial charge in [-0.25, -0.2) is 4.79 Å². The molecule has 0 amide bonds. The molecule has 4 atom stereocenters. The molecule has 0 aliphatic carbocycles. The quantitative estimate of drug-likeness (QED) is 0.436. The monoisotopic (exact) mass is 454 g/mol. The summed E-state index contributed by atoms with van der Waals surface area (Å²) in [4.78, 5) is 24.5. The summed E-state index contributed by atoms with van der Waals surface area (Å²) < 4.78 is 22.2. The zero-order chi connectivity index (χ0) is 23.1. The standard InChI is InChI=1S/C21H26O9S/c1-9-12(28-20-16(25)15(24)18(27-4)21(2,3)30-20)7-6-10-14(23)13(11(22)8-31-5)19(26)29-17(9)10/h6-7,15-16,18,20,23-25H,8H2,1-5H3/t15-,16+,18+,20+/m0/s1. The van der Waals surface area contributed by atoms with E-state index in [1.165, 1.54) is 31.0 Å². The summed E-state index contributed by atoms with van der Waals surface area (Å²) in [6.07, 6.45) is -2.95. The fourth-order valence-electron chi connectivity index (χ4n) is 3.77. The highest BCUT2D eigenvalue weighted by Crippen LogP contribution is 2.37. The fourth-order valence-corrected chi connectivity index (χ4v) is 4.18. The molecule has 1 aliphatic heterocycles. The van der Waals surface area contributed by atoms with Crippen molar-refractivity contribution >= 4 is 28.5 Å². The van der Waals surface area contributed by atoms with Crippen LogP contribution in [0.25, 0.3) is 11.0 Å². The van der Waals surface area contributed by atoms with E-state index in [2.05, 4.69) is 0 Å². The van der Waals surface area contributed by atoms with Crippen LogP contribution in [0.15, 0.2) is 21.3 Å². The minimum Gasteiger partial charge on any atom is -0.506 e. The molecule has 0 saturated carbocycles. The lowest BCUT2D eigenvalue weighted by atomic mass is 9.89. The molecule has 1 aromatic carbocycles. The summed E-state index contributed by atoms with van der Waals surface area (Å²) in [6.45, 7) is 4.99. The smallest absolute Gasteiger partial charge is 0.351 e. The molecule has 0 bridgehead atoms. The number of aliphatic hydroxyl groups is 2. The number of rotatable bonds is 6. The number of carbonyl (C=O) groups excluding carboxylic acids is 1. The highest BCUT2D eigenvalue weighted by Gasteiger charge is 2.50. The number of carbonyl (C=O) groups is 1. The van der Waals surface area contributed by atoms with E-state index in [-0.39, 0.29) is 22.5 Å². The van der Waals surface area contributed by atoms with Gasteiger partial charge in [0, 0.05) is 12.7 Å². The van der Waals surface area contributed by atoms with Crippen LogP contribution in [0, 0.1) is 6.92 Å². The number of hydrogen-bond acceptors (Lipinski definition) is 10. The van der Waals surface area contributed by atoms with Crippen molar-refractivity contribution in [3.05, 3.63) is 33.7 Å². The Kier molecular flexibility index (Phi) is 6.68. The van der Waals surface area contributed by atoms with Gasteiger partial charge in [0.15, 0.2) is 5.78 Å². The Hall–Kier alpha value is -2.11. The van der Waals surface area contributed by atoms with Crippen molar-refractivity contribution in [2.75, 3.05) is 19.1 Å². The molecule has 1 aliphatic rings. The van der Waals surface area contributed by atoms with Crippen LogP contribution in [0.4, 0.5) is 0 Å². The molecule has 31 heavy (non-hydrogen) atoms. The average molecular weight is 454 g/mol. The van der Waals surface area contributed by atoms with E-state index < -0.39 is 52.9 Å². The maximum atomic E-state index is 12.4. The summed E-state index contributed by atoms with van der Waals surface area (Å²) in [7, 11) is 1.41. The Morgan fingerprint density at radius 2 is 1.94 bits per heavy atom. The predicted molar refractivity (Wildman–Crippen MR) is 114 cm³/mol. The first-order valence-electron chi connectivity index (χ1n) is 9.58. The van der Waals surface area contributed by atoms with Crippen LogP contribution in [0.1, 0.15) is 29.8 Å². The topological polar surface area (TPSA) is 136 Å². The Labute approximate surface area is 182 Å². The van der Waals surface area contributed by atoms with Crippen molar-refractivity contribution < 1.29 is 38.7 Å². The summed E-state index contributed by atoms with van der Waals surface area (Å²) in [5, 5.41) is 31.5. The number of aryl methyl sites for hydroxylation is 1. The maximum absolute atomic E-state index is 12.4. The molecular formula is C21H26O9S. The number of aliphatic hydroxyl groups excluding tert-OH is 2. The van der Waals surface area contributed by atoms with Crippen molar-refractivity contribution in [2.45, 2.75) is 51.0 Å². The third-order valence-corrected chi connectivity index (χ3v) is 5.89. The predicted octanol–water partition coefficient (Wildman–Crippen LogP) is 1.60. The van der Waals surface area contributed by atoms with Crippen LogP contribution in [-0.4, -0.2) is 70.4 Å². The highest BCUT2D eigenvalue weighted by molar-refractivity contribution is 7.99. The van der Waals surface area contributed by atoms with Gasteiger partial charge in [0.05, 0.1) is 16.7 Å². The van der Waals surface area contributed by atoms with Gasteiger partial charge >= 0.3 is 5.63 Å². The van der Waals surface area contributed by atoms with Gasteiger partial charge in [-0.3, -0.25) is 4.79 Å². The molecule has 9 nitrogen and oxygen atoms in total. The lowest BCUT2D eigenvalue weighted by molar-refractivity contribution is -0.306. The number of ether oxygens (including phenoxy) is 3. The molecule has 2 aromatic rings. The molecule has 0 spiro atoms. The van der Waals surface area contributed by atoms with Crippen molar-refractivity contribution in [1.29, 1.82) is 0 Å². The van der Waals surface area contributed by atoms with Crippen molar-refractivity contribution in [1.82, 2.24) is 0 Å². The molecule has 0 unspecified atom stereocenters. The molecule has 1 fully saturated rings. The first kappa shape index (κ1) is 23.6. The van der Waals surface area contributed by atoms with Crippen molar-refractivity contribution in [3.63, 3.8) is 0 Å². The normalized spacial score (nSPS) is 25.5.